The zero-order valence-electron chi connectivity index (χ0n) is 16.1. The molecule has 7 heteroatoms. The van der Waals surface area contributed by atoms with Gasteiger partial charge in [0, 0.05) is 30.9 Å². The van der Waals surface area contributed by atoms with Crippen molar-refractivity contribution in [3.8, 4) is 0 Å². The van der Waals surface area contributed by atoms with Crippen molar-refractivity contribution >= 4 is 33.6 Å². The number of pyridine rings is 1. The molecule has 0 bridgehead atoms. The summed E-state index contributed by atoms with van der Waals surface area (Å²) in [6.45, 7) is 2.94. The van der Waals surface area contributed by atoms with E-state index >= 15 is 0 Å². The summed E-state index contributed by atoms with van der Waals surface area (Å²) in [7, 11) is 1.67. The Kier molecular flexibility index (Phi) is 6.46. The van der Waals surface area contributed by atoms with Crippen molar-refractivity contribution in [2.75, 3.05) is 32.1 Å². The van der Waals surface area contributed by atoms with E-state index in [1.54, 1.807) is 19.3 Å². The van der Waals surface area contributed by atoms with Gasteiger partial charge in [0.15, 0.2) is 0 Å². The zero-order chi connectivity index (χ0) is 20.1. The first-order valence-electron chi connectivity index (χ1n) is 9.22. The van der Waals surface area contributed by atoms with Gasteiger partial charge < -0.3 is 15.0 Å². The minimum absolute atomic E-state index is 0.0341. The van der Waals surface area contributed by atoms with Gasteiger partial charge in [0.25, 0.3) is 0 Å². The van der Waals surface area contributed by atoms with Crippen LogP contribution in [0.15, 0.2) is 47.1 Å². The van der Waals surface area contributed by atoms with Gasteiger partial charge in [-0.3, -0.25) is 9.59 Å². The van der Waals surface area contributed by atoms with Gasteiger partial charge in [-0.25, -0.2) is 4.98 Å². The molecule has 2 amide bonds. The summed E-state index contributed by atoms with van der Waals surface area (Å²) in [6, 6.07) is 11.5. The molecule has 3 rings (SSSR count). The molecular weight excluding hydrogens is 422 g/mol. The van der Waals surface area contributed by atoms with Crippen LogP contribution in [0.5, 0.6) is 0 Å². The fraction of sp³-hybridized carbons (Fsp3) is 0.381. The average molecular weight is 446 g/mol. The van der Waals surface area contributed by atoms with E-state index in [9.17, 15) is 9.59 Å². The molecule has 6 nitrogen and oxygen atoms in total. The number of nitrogens with zero attached hydrogens (tertiary/aromatic N) is 2. The highest BCUT2D eigenvalue weighted by Gasteiger charge is 2.43. The minimum atomic E-state index is -0.671. The van der Waals surface area contributed by atoms with Crippen LogP contribution in [0.1, 0.15) is 24.0 Å². The SMILES string of the molecule is Cc1ccnc(NC(=O)CN(C)C(=O)C2(c3ccc(Br)cc3)CCOCC2)c1. The molecule has 1 aromatic heterocycles. The number of hydrogen-bond donors (Lipinski definition) is 1. The standard InChI is InChI=1S/C21H24BrN3O3/c1-15-7-10-23-18(13-15)24-19(26)14-25(2)20(27)21(8-11-28-12-9-21)16-3-5-17(22)6-4-16/h3-7,10,13H,8-9,11-12,14H2,1-2H3,(H,23,24,26). The number of amides is 2. The van der Waals surface area contributed by atoms with Crippen LogP contribution in [0.25, 0.3) is 0 Å². The number of anilines is 1. The summed E-state index contributed by atoms with van der Waals surface area (Å²) < 4.78 is 6.47. The van der Waals surface area contributed by atoms with Gasteiger partial charge in [0.1, 0.15) is 5.82 Å². The number of halogens is 1. The molecule has 2 heterocycles. The lowest BCUT2D eigenvalue weighted by Crippen LogP contribution is -2.50. The highest BCUT2D eigenvalue weighted by atomic mass is 79.9. The second kappa shape index (κ2) is 8.84. The Hall–Kier alpha value is -2.25. The summed E-state index contributed by atoms with van der Waals surface area (Å²) >= 11 is 3.44. The Morgan fingerprint density at radius 3 is 2.54 bits per heavy atom. The van der Waals surface area contributed by atoms with Gasteiger partial charge in [-0.2, -0.15) is 0 Å². The normalized spacial score (nSPS) is 15.7. The number of hydrogen-bond acceptors (Lipinski definition) is 4. The third kappa shape index (κ3) is 4.59. The molecule has 0 saturated carbocycles. The average Bonchev–Trinajstić information content (AvgIpc) is 2.68. The van der Waals surface area contributed by atoms with Gasteiger partial charge in [-0.05, 0) is 55.2 Å². The highest BCUT2D eigenvalue weighted by Crippen LogP contribution is 2.37. The van der Waals surface area contributed by atoms with E-state index in [2.05, 4.69) is 26.2 Å². The first kappa shape index (κ1) is 20.5. The Morgan fingerprint density at radius 1 is 1.21 bits per heavy atom. The second-order valence-corrected chi connectivity index (χ2v) is 8.04. The Morgan fingerprint density at radius 2 is 1.89 bits per heavy atom. The molecular formula is C21H24BrN3O3. The monoisotopic (exact) mass is 445 g/mol. The third-order valence-electron chi connectivity index (χ3n) is 5.06. The number of carbonyl (C=O) groups excluding carboxylic acids is 2. The van der Waals surface area contributed by atoms with Crippen LogP contribution in [0.3, 0.4) is 0 Å². The van der Waals surface area contributed by atoms with Crippen molar-refractivity contribution in [2.24, 2.45) is 0 Å². The van der Waals surface area contributed by atoms with Crippen LogP contribution in [-0.2, 0) is 19.7 Å². The number of ether oxygens (including phenoxy) is 1. The van der Waals surface area contributed by atoms with Gasteiger partial charge >= 0.3 is 0 Å². The molecule has 0 radical (unpaired) electrons. The van der Waals surface area contributed by atoms with Crippen molar-refractivity contribution in [2.45, 2.75) is 25.2 Å². The van der Waals surface area contributed by atoms with E-state index in [1.807, 2.05) is 37.3 Å². The van der Waals surface area contributed by atoms with Crippen LogP contribution in [-0.4, -0.2) is 48.5 Å². The fourth-order valence-electron chi connectivity index (χ4n) is 3.55. The van der Waals surface area contributed by atoms with E-state index in [4.69, 9.17) is 4.74 Å². The van der Waals surface area contributed by atoms with Crippen LogP contribution >= 0.6 is 15.9 Å². The number of nitrogens with one attached hydrogen (secondary N) is 1. The number of rotatable bonds is 5. The molecule has 0 atom stereocenters. The predicted molar refractivity (Wildman–Crippen MR) is 111 cm³/mol. The number of aromatic nitrogens is 1. The molecule has 28 heavy (non-hydrogen) atoms. The molecule has 1 aliphatic rings. The van der Waals surface area contributed by atoms with E-state index in [-0.39, 0.29) is 18.4 Å². The number of aryl methyl sites for hydroxylation is 1. The number of benzene rings is 1. The van der Waals surface area contributed by atoms with Crippen LogP contribution in [0.2, 0.25) is 0 Å². The van der Waals surface area contributed by atoms with Crippen molar-refractivity contribution in [3.63, 3.8) is 0 Å². The molecule has 1 aliphatic heterocycles. The maximum Gasteiger partial charge on any atom is 0.245 e. The van der Waals surface area contributed by atoms with E-state index in [0.29, 0.717) is 31.9 Å². The quantitative estimate of drug-likeness (QED) is 0.765. The number of carbonyl (C=O) groups is 2. The van der Waals surface area contributed by atoms with Gasteiger partial charge in [0.2, 0.25) is 11.8 Å². The molecule has 1 N–H and O–H groups in total. The number of likely N-dealkylation sites (N-methyl/N-ethyl adjacent to an activating group) is 1. The first-order chi connectivity index (χ1) is 13.4. The molecule has 1 fully saturated rings. The molecule has 1 aromatic carbocycles. The van der Waals surface area contributed by atoms with Crippen molar-refractivity contribution in [1.82, 2.24) is 9.88 Å². The Bertz CT molecular complexity index is 848. The van der Waals surface area contributed by atoms with Crippen molar-refractivity contribution < 1.29 is 14.3 Å². The van der Waals surface area contributed by atoms with E-state index < -0.39 is 5.41 Å². The second-order valence-electron chi connectivity index (χ2n) is 7.13. The van der Waals surface area contributed by atoms with Crippen LogP contribution in [0, 0.1) is 6.92 Å². The largest absolute Gasteiger partial charge is 0.381 e. The summed E-state index contributed by atoms with van der Waals surface area (Å²) in [6.07, 6.45) is 2.84. The lowest BCUT2D eigenvalue weighted by molar-refractivity contribution is -0.142. The van der Waals surface area contributed by atoms with Gasteiger partial charge in [-0.1, -0.05) is 28.1 Å². The van der Waals surface area contributed by atoms with Crippen molar-refractivity contribution in [3.05, 3.63) is 58.2 Å². The first-order valence-corrected chi connectivity index (χ1v) is 10.0. The summed E-state index contributed by atoms with van der Waals surface area (Å²) in [5, 5.41) is 2.76. The molecule has 0 unspecified atom stereocenters. The Balaban J connectivity index is 1.75. The van der Waals surface area contributed by atoms with Crippen molar-refractivity contribution in [1.29, 1.82) is 0 Å². The summed E-state index contributed by atoms with van der Waals surface area (Å²) in [5.74, 6) is 0.150. The molecule has 0 aliphatic carbocycles. The lowest BCUT2D eigenvalue weighted by Gasteiger charge is -2.39. The molecule has 0 spiro atoms. The smallest absolute Gasteiger partial charge is 0.245 e. The minimum Gasteiger partial charge on any atom is -0.381 e. The van der Waals surface area contributed by atoms with Gasteiger partial charge in [-0.15, -0.1) is 0 Å². The molecule has 148 valence electrons. The van der Waals surface area contributed by atoms with E-state index in [1.165, 1.54) is 4.90 Å². The zero-order valence-corrected chi connectivity index (χ0v) is 17.7. The maximum atomic E-state index is 13.4. The molecule has 1 saturated heterocycles. The topological polar surface area (TPSA) is 71.5 Å². The van der Waals surface area contributed by atoms with E-state index in [0.717, 1.165) is 15.6 Å². The van der Waals surface area contributed by atoms with Crippen LogP contribution < -0.4 is 5.32 Å². The lowest BCUT2D eigenvalue weighted by atomic mass is 9.73. The summed E-state index contributed by atoms with van der Waals surface area (Å²) in [5.41, 5.74) is 1.29. The van der Waals surface area contributed by atoms with Gasteiger partial charge in [0.05, 0.1) is 12.0 Å². The summed E-state index contributed by atoms with van der Waals surface area (Å²) in [4.78, 5) is 31.5. The molecule has 2 aromatic rings. The third-order valence-corrected chi connectivity index (χ3v) is 5.59. The Labute approximate surface area is 173 Å². The van der Waals surface area contributed by atoms with Crippen LogP contribution in [0.4, 0.5) is 5.82 Å². The highest BCUT2D eigenvalue weighted by molar-refractivity contribution is 9.10. The maximum absolute atomic E-state index is 13.4. The predicted octanol–water partition coefficient (Wildman–Crippen LogP) is 3.30. The fourth-order valence-corrected chi connectivity index (χ4v) is 3.82.